The van der Waals surface area contributed by atoms with Gasteiger partial charge in [0, 0.05) is 0 Å². The molecule has 0 aromatic rings. The van der Waals surface area contributed by atoms with Gasteiger partial charge in [-0.05, 0) is 36.5 Å². The van der Waals surface area contributed by atoms with Crippen LogP contribution in [0, 0.1) is 0 Å². The quantitative estimate of drug-likeness (QED) is 0.439. The molecule has 0 heterocycles. The summed E-state index contributed by atoms with van der Waals surface area (Å²) >= 11 is 3.76. The number of carbonyl (C=O) groups excluding carboxylic acids is 1. The Bertz CT molecular complexity index is 117. The highest BCUT2D eigenvalue weighted by atomic mass is 32.2. The Balaban J connectivity index is 3.31. The van der Waals surface area contributed by atoms with Crippen molar-refractivity contribution in [2.45, 2.75) is 38.4 Å². The maximum atomic E-state index is 10.6. The molecule has 0 fully saturated rings. The fourth-order valence-corrected chi connectivity index (χ4v) is 2.87. The highest BCUT2D eigenvalue weighted by Crippen LogP contribution is 2.16. The van der Waals surface area contributed by atoms with E-state index in [1.165, 1.54) is 12.2 Å². The molecule has 3 heteroatoms. The Morgan fingerprint density at radius 3 is 2.38 bits per heavy atom. The van der Waals surface area contributed by atoms with E-state index in [1.807, 2.05) is 11.8 Å². The molecule has 1 nitrogen and oxygen atoms in total. The Labute approximate surface area is 90.4 Å². The number of rotatable bonds is 9. The minimum atomic E-state index is 0.240. The SMILES string of the molecule is CCCSCCC(C=O)SCCC. The highest BCUT2D eigenvalue weighted by Gasteiger charge is 2.06. The summed E-state index contributed by atoms with van der Waals surface area (Å²) in [6.45, 7) is 4.34. The first-order valence-corrected chi connectivity index (χ1v) is 7.20. The van der Waals surface area contributed by atoms with Crippen LogP contribution in [0.1, 0.15) is 33.1 Å². The van der Waals surface area contributed by atoms with E-state index in [2.05, 4.69) is 13.8 Å². The summed E-state index contributed by atoms with van der Waals surface area (Å²) < 4.78 is 0. The lowest BCUT2D eigenvalue weighted by molar-refractivity contribution is -0.107. The second-order valence-electron chi connectivity index (χ2n) is 2.95. The molecule has 0 aromatic heterocycles. The second-order valence-corrected chi connectivity index (χ2v) is 5.52. The summed E-state index contributed by atoms with van der Waals surface area (Å²) in [5.41, 5.74) is 0. The largest absolute Gasteiger partial charge is 0.302 e. The highest BCUT2D eigenvalue weighted by molar-refractivity contribution is 8.00. The van der Waals surface area contributed by atoms with Gasteiger partial charge in [-0.1, -0.05) is 13.8 Å². The summed E-state index contributed by atoms with van der Waals surface area (Å²) in [4.78, 5) is 10.6. The molecular weight excluding hydrogens is 200 g/mol. The van der Waals surface area contributed by atoms with Crippen molar-refractivity contribution in [2.75, 3.05) is 17.3 Å². The fourth-order valence-electron chi connectivity index (χ4n) is 0.906. The van der Waals surface area contributed by atoms with Gasteiger partial charge in [-0.25, -0.2) is 0 Å². The molecule has 0 aliphatic rings. The monoisotopic (exact) mass is 220 g/mol. The molecule has 0 amide bonds. The van der Waals surface area contributed by atoms with E-state index >= 15 is 0 Å². The summed E-state index contributed by atoms with van der Waals surface area (Å²) in [5.74, 6) is 3.47. The summed E-state index contributed by atoms with van der Waals surface area (Å²) in [6.07, 6.45) is 4.54. The molecule has 0 radical (unpaired) electrons. The Morgan fingerprint density at radius 1 is 1.15 bits per heavy atom. The van der Waals surface area contributed by atoms with Crippen molar-refractivity contribution in [1.29, 1.82) is 0 Å². The van der Waals surface area contributed by atoms with Crippen molar-refractivity contribution in [3.8, 4) is 0 Å². The predicted octanol–water partition coefficient (Wildman–Crippen LogP) is 3.23. The van der Waals surface area contributed by atoms with E-state index in [4.69, 9.17) is 0 Å². The van der Waals surface area contributed by atoms with Gasteiger partial charge < -0.3 is 4.79 Å². The van der Waals surface area contributed by atoms with Gasteiger partial charge in [-0.2, -0.15) is 23.5 Å². The molecule has 0 bridgehead atoms. The van der Waals surface area contributed by atoms with Crippen LogP contribution in [0.3, 0.4) is 0 Å². The average Bonchev–Trinajstić information content (AvgIpc) is 2.17. The zero-order valence-electron chi connectivity index (χ0n) is 8.62. The molecule has 78 valence electrons. The number of carbonyl (C=O) groups is 1. The van der Waals surface area contributed by atoms with Crippen LogP contribution in [0.15, 0.2) is 0 Å². The minimum Gasteiger partial charge on any atom is -0.302 e. The van der Waals surface area contributed by atoms with Crippen LogP contribution in [0.2, 0.25) is 0 Å². The van der Waals surface area contributed by atoms with Gasteiger partial charge in [-0.15, -0.1) is 0 Å². The molecule has 1 atom stereocenters. The molecule has 1 unspecified atom stereocenters. The van der Waals surface area contributed by atoms with Crippen molar-refractivity contribution in [1.82, 2.24) is 0 Å². The van der Waals surface area contributed by atoms with E-state index in [0.29, 0.717) is 0 Å². The molecule has 0 N–H and O–H groups in total. The first-order valence-electron chi connectivity index (χ1n) is 4.99. The van der Waals surface area contributed by atoms with Gasteiger partial charge in [0.05, 0.1) is 5.25 Å². The summed E-state index contributed by atoms with van der Waals surface area (Å²) in [5, 5.41) is 0.240. The van der Waals surface area contributed by atoms with Gasteiger partial charge in [0.25, 0.3) is 0 Å². The molecule has 0 saturated carbocycles. The minimum absolute atomic E-state index is 0.240. The predicted molar refractivity (Wildman–Crippen MR) is 64.8 cm³/mol. The smallest absolute Gasteiger partial charge is 0.132 e. The third kappa shape index (κ3) is 8.69. The van der Waals surface area contributed by atoms with E-state index in [-0.39, 0.29) is 5.25 Å². The molecule has 0 aromatic carbocycles. The molecule has 0 rings (SSSR count). The van der Waals surface area contributed by atoms with Crippen LogP contribution in [-0.2, 0) is 4.79 Å². The van der Waals surface area contributed by atoms with Crippen LogP contribution in [0.4, 0.5) is 0 Å². The molecule has 0 aliphatic heterocycles. The summed E-state index contributed by atoms with van der Waals surface area (Å²) in [6, 6.07) is 0. The maximum absolute atomic E-state index is 10.6. The van der Waals surface area contributed by atoms with Crippen LogP contribution in [-0.4, -0.2) is 28.8 Å². The lowest BCUT2D eigenvalue weighted by atomic mass is 10.4. The van der Waals surface area contributed by atoms with E-state index in [1.54, 1.807) is 11.8 Å². The first-order chi connectivity index (χ1) is 6.35. The van der Waals surface area contributed by atoms with Crippen LogP contribution in [0.25, 0.3) is 0 Å². The van der Waals surface area contributed by atoms with Crippen molar-refractivity contribution in [2.24, 2.45) is 0 Å². The lowest BCUT2D eigenvalue weighted by Crippen LogP contribution is -2.06. The lowest BCUT2D eigenvalue weighted by Gasteiger charge is -2.08. The van der Waals surface area contributed by atoms with E-state index in [9.17, 15) is 4.79 Å². The molecule has 0 aliphatic carbocycles. The molecule has 0 spiro atoms. The standard InChI is InChI=1S/C10H20OS2/c1-3-6-12-8-5-10(9-11)13-7-4-2/h9-10H,3-8H2,1-2H3. The van der Waals surface area contributed by atoms with Crippen molar-refractivity contribution in [3.05, 3.63) is 0 Å². The third-order valence-corrected chi connectivity index (χ3v) is 4.22. The first kappa shape index (κ1) is 13.4. The normalized spacial score (nSPS) is 12.8. The van der Waals surface area contributed by atoms with Crippen molar-refractivity contribution >= 4 is 29.8 Å². The van der Waals surface area contributed by atoms with Crippen LogP contribution < -0.4 is 0 Å². The topological polar surface area (TPSA) is 17.1 Å². The average molecular weight is 220 g/mol. The Hall–Kier alpha value is 0.370. The third-order valence-electron chi connectivity index (χ3n) is 1.58. The molecule has 0 saturated heterocycles. The van der Waals surface area contributed by atoms with Gasteiger partial charge in [0.1, 0.15) is 6.29 Å². The van der Waals surface area contributed by atoms with Crippen molar-refractivity contribution < 1.29 is 4.79 Å². The number of hydrogen-bond donors (Lipinski definition) is 0. The number of thioether (sulfide) groups is 2. The number of aldehydes is 1. The van der Waals surface area contributed by atoms with E-state index in [0.717, 1.165) is 30.6 Å². The van der Waals surface area contributed by atoms with E-state index < -0.39 is 0 Å². The summed E-state index contributed by atoms with van der Waals surface area (Å²) in [7, 11) is 0. The van der Waals surface area contributed by atoms with Gasteiger partial charge in [-0.3, -0.25) is 0 Å². The zero-order chi connectivity index (χ0) is 9.94. The van der Waals surface area contributed by atoms with Gasteiger partial charge in [0.2, 0.25) is 0 Å². The second kappa shape index (κ2) is 10.5. The number of hydrogen-bond acceptors (Lipinski definition) is 3. The molecular formula is C10H20OS2. The van der Waals surface area contributed by atoms with Crippen LogP contribution in [0.5, 0.6) is 0 Å². The zero-order valence-corrected chi connectivity index (χ0v) is 10.3. The fraction of sp³-hybridized carbons (Fsp3) is 0.900. The van der Waals surface area contributed by atoms with Crippen LogP contribution >= 0.6 is 23.5 Å². The van der Waals surface area contributed by atoms with Gasteiger partial charge >= 0.3 is 0 Å². The Kier molecular flexibility index (Phi) is 10.7. The Morgan fingerprint density at radius 2 is 1.85 bits per heavy atom. The molecule has 13 heavy (non-hydrogen) atoms. The van der Waals surface area contributed by atoms with Crippen molar-refractivity contribution in [3.63, 3.8) is 0 Å². The maximum Gasteiger partial charge on any atom is 0.132 e. The van der Waals surface area contributed by atoms with Gasteiger partial charge in [0.15, 0.2) is 0 Å².